The first-order valence-corrected chi connectivity index (χ1v) is 9.12. The lowest BCUT2D eigenvalue weighted by molar-refractivity contribution is 0.396. The molecule has 0 aliphatic heterocycles. The fraction of sp³-hybridized carbons (Fsp3) is 0.421. The summed E-state index contributed by atoms with van der Waals surface area (Å²) in [5.74, 6) is 1.67. The predicted molar refractivity (Wildman–Crippen MR) is 104 cm³/mol. The quantitative estimate of drug-likeness (QED) is 0.669. The average molecular weight is 351 g/mol. The normalized spacial score (nSPS) is 20.4. The van der Waals surface area contributed by atoms with Gasteiger partial charge in [-0.2, -0.15) is 0 Å². The van der Waals surface area contributed by atoms with Gasteiger partial charge in [-0.3, -0.25) is 0 Å². The van der Waals surface area contributed by atoms with Gasteiger partial charge < -0.3 is 16.8 Å². The van der Waals surface area contributed by atoms with Gasteiger partial charge in [0, 0.05) is 29.7 Å². The molecule has 0 unspecified atom stereocenters. The van der Waals surface area contributed by atoms with Crippen molar-refractivity contribution in [3.63, 3.8) is 0 Å². The summed E-state index contributed by atoms with van der Waals surface area (Å²) >= 11 is 0. The summed E-state index contributed by atoms with van der Waals surface area (Å²) in [7, 11) is 0. The molecule has 0 atom stereocenters. The van der Waals surface area contributed by atoms with Gasteiger partial charge in [0.05, 0.1) is 5.69 Å². The van der Waals surface area contributed by atoms with Crippen LogP contribution in [0.5, 0.6) is 0 Å². The molecular weight excluding hydrogens is 326 g/mol. The highest BCUT2D eigenvalue weighted by atomic mass is 15.3. The van der Waals surface area contributed by atoms with E-state index in [4.69, 9.17) is 11.5 Å². The van der Waals surface area contributed by atoms with Gasteiger partial charge in [-0.1, -0.05) is 0 Å². The van der Waals surface area contributed by atoms with Crippen LogP contribution in [0.1, 0.15) is 48.4 Å². The topological polar surface area (TPSA) is 107 Å². The number of pyridine rings is 1. The molecule has 1 aliphatic carbocycles. The number of fused-ring (bicyclic) bond motifs is 1. The van der Waals surface area contributed by atoms with Crippen molar-refractivity contribution in [1.82, 2.24) is 19.6 Å². The zero-order valence-corrected chi connectivity index (χ0v) is 15.2. The van der Waals surface area contributed by atoms with Crippen LogP contribution in [0.15, 0.2) is 24.5 Å². The molecule has 0 spiro atoms. The van der Waals surface area contributed by atoms with Crippen molar-refractivity contribution in [3.8, 4) is 0 Å². The Hall–Kier alpha value is -2.67. The second kappa shape index (κ2) is 6.57. The molecule has 7 nitrogen and oxygen atoms in total. The smallest absolute Gasteiger partial charge is 0.177 e. The van der Waals surface area contributed by atoms with Crippen LogP contribution >= 0.6 is 0 Å². The molecule has 5 N–H and O–H groups in total. The standard InChI is InChI=1S/C19H25N7/c1-11-9-12(2)23-15(10-11)24-17-16(13-3-5-14(20)6-4-13)18(21)25-26-8-7-22-19(17)26/h7-10,13-14H,3-6,20H2,1-2H3,(H2,21,25)(H,23,24)/t13-,14+. The zero-order valence-electron chi connectivity index (χ0n) is 15.2. The average Bonchev–Trinajstić information content (AvgIpc) is 3.03. The van der Waals surface area contributed by atoms with Crippen LogP contribution in [0.3, 0.4) is 0 Å². The minimum absolute atomic E-state index is 0.285. The molecule has 0 amide bonds. The lowest BCUT2D eigenvalue weighted by atomic mass is 9.81. The van der Waals surface area contributed by atoms with Crippen molar-refractivity contribution >= 4 is 23.0 Å². The van der Waals surface area contributed by atoms with E-state index >= 15 is 0 Å². The number of aryl methyl sites for hydroxylation is 2. The number of nitrogens with one attached hydrogen (secondary N) is 1. The molecule has 1 fully saturated rings. The van der Waals surface area contributed by atoms with Crippen molar-refractivity contribution < 1.29 is 0 Å². The van der Waals surface area contributed by atoms with Gasteiger partial charge in [0.2, 0.25) is 0 Å². The third kappa shape index (κ3) is 3.10. The molecule has 3 heterocycles. The van der Waals surface area contributed by atoms with Crippen molar-refractivity contribution in [3.05, 3.63) is 41.3 Å². The number of anilines is 3. The highest BCUT2D eigenvalue weighted by Crippen LogP contribution is 2.41. The maximum Gasteiger partial charge on any atom is 0.177 e. The number of hydrogen-bond donors (Lipinski definition) is 3. The van der Waals surface area contributed by atoms with E-state index in [0.717, 1.165) is 59.7 Å². The second-order valence-corrected chi connectivity index (χ2v) is 7.28. The molecule has 26 heavy (non-hydrogen) atoms. The van der Waals surface area contributed by atoms with Gasteiger partial charge in [0.1, 0.15) is 11.6 Å². The summed E-state index contributed by atoms with van der Waals surface area (Å²) in [5.41, 5.74) is 17.3. The van der Waals surface area contributed by atoms with Crippen LogP contribution in [0, 0.1) is 13.8 Å². The molecule has 0 saturated heterocycles. The third-order valence-corrected chi connectivity index (χ3v) is 5.14. The van der Waals surface area contributed by atoms with Crippen LogP contribution in [-0.4, -0.2) is 25.6 Å². The van der Waals surface area contributed by atoms with Gasteiger partial charge >= 0.3 is 0 Å². The van der Waals surface area contributed by atoms with E-state index in [-0.39, 0.29) is 6.04 Å². The molecule has 0 aromatic carbocycles. The molecule has 136 valence electrons. The SMILES string of the molecule is Cc1cc(C)nc(Nc2c3nccn3nc(N)c2[C@H]2CC[C@@H](N)CC2)c1. The predicted octanol–water partition coefficient (Wildman–Crippen LogP) is 3.05. The fourth-order valence-corrected chi connectivity index (χ4v) is 3.95. The van der Waals surface area contributed by atoms with Crippen molar-refractivity contribution in [2.24, 2.45) is 5.73 Å². The summed E-state index contributed by atoms with van der Waals surface area (Å²) < 4.78 is 1.72. The van der Waals surface area contributed by atoms with E-state index in [9.17, 15) is 0 Å². The Morgan fingerprint density at radius 3 is 2.65 bits per heavy atom. The van der Waals surface area contributed by atoms with Crippen molar-refractivity contribution in [2.45, 2.75) is 51.5 Å². The Morgan fingerprint density at radius 1 is 1.15 bits per heavy atom. The number of nitrogen functional groups attached to an aromatic ring is 1. The number of aromatic nitrogens is 4. The fourth-order valence-electron chi connectivity index (χ4n) is 3.95. The lowest BCUT2D eigenvalue weighted by Gasteiger charge is -2.28. The second-order valence-electron chi connectivity index (χ2n) is 7.28. The largest absolute Gasteiger partial charge is 0.382 e. The molecule has 3 aromatic heterocycles. The minimum Gasteiger partial charge on any atom is -0.382 e. The molecule has 3 aromatic rings. The van der Waals surface area contributed by atoms with Crippen LogP contribution in [0.2, 0.25) is 0 Å². The highest BCUT2D eigenvalue weighted by molar-refractivity contribution is 5.80. The van der Waals surface area contributed by atoms with Crippen LogP contribution in [0.25, 0.3) is 5.65 Å². The van der Waals surface area contributed by atoms with Crippen molar-refractivity contribution in [1.29, 1.82) is 0 Å². The minimum atomic E-state index is 0.285. The molecule has 1 saturated carbocycles. The summed E-state index contributed by atoms with van der Waals surface area (Å²) in [6, 6.07) is 4.37. The van der Waals surface area contributed by atoms with Gasteiger partial charge in [0.25, 0.3) is 0 Å². The number of nitrogens with two attached hydrogens (primary N) is 2. The Bertz CT molecular complexity index is 918. The van der Waals surface area contributed by atoms with E-state index < -0.39 is 0 Å². The molecule has 4 rings (SSSR count). The first-order chi connectivity index (χ1) is 12.5. The first-order valence-electron chi connectivity index (χ1n) is 9.12. The lowest BCUT2D eigenvalue weighted by Crippen LogP contribution is -2.26. The van der Waals surface area contributed by atoms with Gasteiger partial charge in [0.15, 0.2) is 5.65 Å². The zero-order chi connectivity index (χ0) is 18.3. The number of nitrogens with zero attached hydrogens (tertiary/aromatic N) is 4. The third-order valence-electron chi connectivity index (χ3n) is 5.14. The van der Waals surface area contributed by atoms with Crippen LogP contribution in [0.4, 0.5) is 17.3 Å². The number of rotatable bonds is 3. The van der Waals surface area contributed by atoms with Gasteiger partial charge in [-0.15, -0.1) is 5.10 Å². The van der Waals surface area contributed by atoms with Crippen molar-refractivity contribution in [2.75, 3.05) is 11.1 Å². The summed E-state index contributed by atoms with van der Waals surface area (Å²) in [4.78, 5) is 9.12. The summed E-state index contributed by atoms with van der Waals surface area (Å²) in [5, 5.41) is 7.99. The molecule has 0 bridgehead atoms. The maximum atomic E-state index is 6.37. The number of hydrogen-bond acceptors (Lipinski definition) is 6. The summed E-state index contributed by atoms with van der Waals surface area (Å²) in [6.45, 7) is 4.06. The van der Waals surface area contributed by atoms with Gasteiger partial charge in [-0.05, 0) is 63.1 Å². The maximum absolute atomic E-state index is 6.37. The van der Waals surface area contributed by atoms with E-state index in [1.165, 1.54) is 0 Å². The molecule has 0 radical (unpaired) electrons. The molecule has 1 aliphatic rings. The van der Waals surface area contributed by atoms with E-state index in [2.05, 4.69) is 33.4 Å². The van der Waals surface area contributed by atoms with Crippen LogP contribution < -0.4 is 16.8 Å². The number of imidazole rings is 1. The Morgan fingerprint density at radius 2 is 1.92 bits per heavy atom. The molecule has 7 heteroatoms. The highest BCUT2D eigenvalue weighted by Gasteiger charge is 2.27. The van der Waals surface area contributed by atoms with Crippen LogP contribution in [-0.2, 0) is 0 Å². The van der Waals surface area contributed by atoms with E-state index in [1.54, 1.807) is 10.7 Å². The Balaban J connectivity index is 1.82. The Kier molecular flexibility index (Phi) is 4.24. The molecular formula is C19H25N7. The van der Waals surface area contributed by atoms with E-state index in [1.807, 2.05) is 19.2 Å². The Labute approximate surface area is 152 Å². The summed E-state index contributed by atoms with van der Waals surface area (Å²) in [6.07, 6.45) is 7.59. The van der Waals surface area contributed by atoms with Gasteiger partial charge in [-0.25, -0.2) is 14.5 Å². The van der Waals surface area contributed by atoms with E-state index in [0.29, 0.717) is 11.7 Å². The monoisotopic (exact) mass is 351 g/mol. The first kappa shape index (κ1) is 16.8.